The number of carbonyl (C=O) groups excluding carboxylic acids is 1. The van der Waals surface area contributed by atoms with E-state index in [-0.39, 0.29) is 36.5 Å². The maximum Gasteiger partial charge on any atom is 0.237 e. The molecule has 3 atom stereocenters. The van der Waals surface area contributed by atoms with Crippen molar-refractivity contribution in [1.82, 2.24) is 5.32 Å². The molecule has 0 aliphatic carbocycles. The summed E-state index contributed by atoms with van der Waals surface area (Å²) in [4.78, 5) is 11.9. The Balaban J connectivity index is 0.00000324. The van der Waals surface area contributed by atoms with Gasteiger partial charge in [-0.05, 0) is 31.6 Å². The van der Waals surface area contributed by atoms with E-state index in [1.807, 2.05) is 6.92 Å². The zero-order valence-corrected chi connectivity index (χ0v) is 13.2. The number of amides is 1. The second kappa shape index (κ2) is 9.56. The lowest BCUT2D eigenvalue weighted by Gasteiger charge is -2.31. The van der Waals surface area contributed by atoms with Gasteiger partial charge < -0.3 is 15.8 Å². The van der Waals surface area contributed by atoms with Crippen molar-refractivity contribution in [3.63, 3.8) is 0 Å². The summed E-state index contributed by atoms with van der Waals surface area (Å²) in [7, 11) is 0. The monoisotopic (exact) mass is 292 g/mol. The van der Waals surface area contributed by atoms with Gasteiger partial charge >= 0.3 is 0 Å². The molecule has 1 aliphatic heterocycles. The molecule has 1 heterocycles. The fraction of sp³-hybridized carbons (Fsp3) is 0.929. The molecule has 0 radical (unpaired) electrons. The predicted octanol–water partition coefficient (Wildman–Crippen LogP) is 2.25. The van der Waals surface area contributed by atoms with Crippen molar-refractivity contribution in [1.29, 1.82) is 0 Å². The molecule has 1 rings (SSSR count). The highest BCUT2D eigenvalue weighted by Crippen LogP contribution is 2.20. The van der Waals surface area contributed by atoms with Crippen LogP contribution in [-0.4, -0.2) is 30.7 Å². The van der Waals surface area contributed by atoms with Crippen LogP contribution in [0.4, 0.5) is 0 Å². The minimum Gasteiger partial charge on any atom is -0.378 e. The number of nitrogens with one attached hydrogen (secondary N) is 1. The largest absolute Gasteiger partial charge is 0.378 e. The highest BCUT2D eigenvalue weighted by Gasteiger charge is 2.25. The van der Waals surface area contributed by atoms with Crippen molar-refractivity contribution in [3.8, 4) is 0 Å². The molecular formula is C14H29ClN2O2. The van der Waals surface area contributed by atoms with Crippen LogP contribution >= 0.6 is 12.4 Å². The third-order valence-corrected chi connectivity index (χ3v) is 3.38. The molecule has 0 aromatic carbocycles. The summed E-state index contributed by atoms with van der Waals surface area (Å²) in [6.45, 7) is 7.18. The van der Waals surface area contributed by atoms with Crippen molar-refractivity contribution in [2.24, 2.45) is 11.7 Å². The molecule has 4 nitrogen and oxygen atoms in total. The Kier molecular flexibility index (Phi) is 9.40. The fourth-order valence-corrected chi connectivity index (χ4v) is 2.45. The van der Waals surface area contributed by atoms with Gasteiger partial charge in [0.1, 0.15) is 0 Å². The first kappa shape index (κ1) is 18.7. The van der Waals surface area contributed by atoms with Gasteiger partial charge in [-0.3, -0.25) is 4.79 Å². The summed E-state index contributed by atoms with van der Waals surface area (Å²) in [6.07, 6.45) is 4.87. The molecule has 1 amide bonds. The minimum absolute atomic E-state index is 0. The zero-order valence-electron chi connectivity index (χ0n) is 12.4. The molecule has 3 N–H and O–H groups in total. The second-order valence-corrected chi connectivity index (χ2v) is 5.75. The average molecular weight is 293 g/mol. The standard InChI is InChI=1S/C14H28N2O2.ClH/c1-4-5-13(15)14(17)16-11-6-7-18-12(9-11)8-10(2)3;/h10-13H,4-9,15H2,1-3H3,(H,16,17);1H. The van der Waals surface area contributed by atoms with Crippen LogP contribution in [0.15, 0.2) is 0 Å². The molecule has 0 spiro atoms. The first-order chi connectivity index (χ1) is 8.52. The van der Waals surface area contributed by atoms with Crippen LogP contribution in [0.25, 0.3) is 0 Å². The Morgan fingerprint density at radius 1 is 1.47 bits per heavy atom. The molecule has 19 heavy (non-hydrogen) atoms. The fourth-order valence-electron chi connectivity index (χ4n) is 2.45. The number of rotatable bonds is 6. The van der Waals surface area contributed by atoms with Gasteiger partial charge in [0.05, 0.1) is 12.1 Å². The summed E-state index contributed by atoms with van der Waals surface area (Å²) in [6, 6.07) is -0.126. The summed E-state index contributed by atoms with van der Waals surface area (Å²) >= 11 is 0. The third kappa shape index (κ3) is 7.14. The molecule has 0 bridgehead atoms. The lowest BCUT2D eigenvalue weighted by atomic mass is 9.96. The van der Waals surface area contributed by atoms with E-state index in [1.165, 1.54) is 0 Å². The maximum absolute atomic E-state index is 11.9. The van der Waals surface area contributed by atoms with E-state index < -0.39 is 0 Å². The minimum atomic E-state index is -0.360. The Labute approximate surface area is 123 Å². The van der Waals surface area contributed by atoms with E-state index in [0.717, 1.165) is 38.7 Å². The van der Waals surface area contributed by atoms with Crippen molar-refractivity contribution in [2.75, 3.05) is 6.61 Å². The van der Waals surface area contributed by atoms with Gasteiger partial charge in [0.25, 0.3) is 0 Å². The van der Waals surface area contributed by atoms with Gasteiger partial charge in [0.15, 0.2) is 0 Å². The van der Waals surface area contributed by atoms with Gasteiger partial charge in [0, 0.05) is 12.6 Å². The SMILES string of the molecule is CCCC(N)C(=O)NC1CCOC(CC(C)C)C1.Cl. The van der Waals surface area contributed by atoms with Gasteiger partial charge in [-0.15, -0.1) is 12.4 Å². The Hall–Kier alpha value is -0.320. The normalized spacial score (nSPS) is 24.7. The summed E-state index contributed by atoms with van der Waals surface area (Å²) in [5.41, 5.74) is 5.82. The van der Waals surface area contributed by atoms with Crippen molar-refractivity contribution < 1.29 is 9.53 Å². The van der Waals surface area contributed by atoms with Crippen LogP contribution in [-0.2, 0) is 9.53 Å². The molecule has 1 saturated heterocycles. The zero-order chi connectivity index (χ0) is 13.5. The first-order valence-corrected chi connectivity index (χ1v) is 7.20. The quantitative estimate of drug-likeness (QED) is 0.789. The van der Waals surface area contributed by atoms with Crippen LogP contribution in [0.1, 0.15) is 52.9 Å². The van der Waals surface area contributed by atoms with E-state index in [1.54, 1.807) is 0 Å². The van der Waals surface area contributed by atoms with Gasteiger partial charge in [-0.1, -0.05) is 27.2 Å². The smallest absolute Gasteiger partial charge is 0.237 e. The Morgan fingerprint density at radius 2 is 2.16 bits per heavy atom. The van der Waals surface area contributed by atoms with Crippen LogP contribution in [0.2, 0.25) is 0 Å². The van der Waals surface area contributed by atoms with Crippen molar-refractivity contribution in [3.05, 3.63) is 0 Å². The lowest BCUT2D eigenvalue weighted by molar-refractivity contribution is -0.124. The van der Waals surface area contributed by atoms with E-state index in [9.17, 15) is 4.79 Å². The highest BCUT2D eigenvalue weighted by atomic mass is 35.5. The number of ether oxygens (including phenoxy) is 1. The van der Waals surface area contributed by atoms with Crippen LogP contribution in [0, 0.1) is 5.92 Å². The molecule has 0 aromatic heterocycles. The van der Waals surface area contributed by atoms with Gasteiger partial charge in [-0.2, -0.15) is 0 Å². The van der Waals surface area contributed by atoms with Crippen molar-refractivity contribution in [2.45, 2.75) is 71.1 Å². The molecule has 0 saturated carbocycles. The lowest BCUT2D eigenvalue weighted by Crippen LogP contribution is -2.48. The summed E-state index contributed by atoms with van der Waals surface area (Å²) in [5.74, 6) is 0.624. The number of hydrogen-bond donors (Lipinski definition) is 2. The van der Waals surface area contributed by atoms with E-state index in [2.05, 4.69) is 19.2 Å². The van der Waals surface area contributed by atoms with E-state index in [0.29, 0.717) is 5.92 Å². The summed E-state index contributed by atoms with van der Waals surface area (Å²) in [5, 5.41) is 3.06. The van der Waals surface area contributed by atoms with Gasteiger partial charge in [0.2, 0.25) is 5.91 Å². The number of hydrogen-bond acceptors (Lipinski definition) is 3. The Bertz CT molecular complexity index is 262. The second-order valence-electron chi connectivity index (χ2n) is 5.75. The van der Waals surface area contributed by atoms with E-state index >= 15 is 0 Å². The number of nitrogens with two attached hydrogens (primary N) is 1. The van der Waals surface area contributed by atoms with Crippen LogP contribution in [0.5, 0.6) is 0 Å². The molecular weight excluding hydrogens is 264 g/mol. The molecule has 3 unspecified atom stereocenters. The maximum atomic E-state index is 11.9. The molecule has 1 aliphatic rings. The Morgan fingerprint density at radius 3 is 2.74 bits per heavy atom. The number of carbonyl (C=O) groups is 1. The van der Waals surface area contributed by atoms with Crippen molar-refractivity contribution >= 4 is 18.3 Å². The summed E-state index contributed by atoms with van der Waals surface area (Å²) < 4.78 is 5.73. The van der Waals surface area contributed by atoms with Crippen LogP contribution in [0.3, 0.4) is 0 Å². The number of halogens is 1. The molecule has 114 valence electrons. The predicted molar refractivity (Wildman–Crippen MR) is 80.5 cm³/mol. The van der Waals surface area contributed by atoms with Gasteiger partial charge in [-0.25, -0.2) is 0 Å². The average Bonchev–Trinajstić information content (AvgIpc) is 2.28. The highest BCUT2D eigenvalue weighted by molar-refractivity contribution is 5.85. The molecule has 0 aromatic rings. The van der Waals surface area contributed by atoms with Crippen LogP contribution < -0.4 is 11.1 Å². The third-order valence-electron chi connectivity index (χ3n) is 3.38. The topological polar surface area (TPSA) is 64.4 Å². The van der Waals surface area contributed by atoms with E-state index in [4.69, 9.17) is 10.5 Å². The molecule has 1 fully saturated rings. The molecule has 5 heteroatoms. The first-order valence-electron chi connectivity index (χ1n) is 7.20.